The van der Waals surface area contributed by atoms with Crippen molar-refractivity contribution in [3.63, 3.8) is 0 Å². The summed E-state index contributed by atoms with van der Waals surface area (Å²) in [4.78, 5) is 8.85. The fourth-order valence-corrected chi connectivity index (χ4v) is 2.90. The van der Waals surface area contributed by atoms with Gasteiger partial charge in [0.1, 0.15) is 23.7 Å². The molecule has 0 amide bonds. The van der Waals surface area contributed by atoms with Gasteiger partial charge in [-0.2, -0.15) is 18.2 Å². The molecule has 0 aliphatic heterocycles. The maximum absolute atomic E-state index is 13.4. The summed E-state index contributed by atoms with van der Waals surface area (Å²) >= 11 is 0. The first-order chi connectivity index (χ1) is 13.7. The van der Waals surface area contributed by atoms with Gasteiger partial charge in [-0.3, -0.25) is 0 Å². The summed E-state index contributed by atoms with van der Waals surface area (Å²) in [5, 5.41) is 0. The molecule has 1 aromatic carbocycles. The Labute approximate surface area is 168 Å². The predicted molar refractivity (Wildman–Crippen MR) is 101 cm³/mol. The van der Waals surface area contributed by atoms with E-state index in [0.29, 0.717) is 36.2 Å². The number of alkyl halides is 3. The number of methoxy groups -OCH3 is 1. The monoisotopic (exact) mass is 414 g/mol. The molecular formula is C21H26F4N2O2. The summed E-state index contributed by atoms with van der Waals surface area (Å²) in [6, 6.07) is 2.33. The van der Waals surface area contributed by atoms with Gasteiger partial charge in [-0.05, 0) is 37.0 Å². The van der Waals surface area contributed by atoms with E-state index in [1.165, 1.54) is 7.11 Å². The zero-order valence-corrected chi connectivity index (χ0v) is 17.1. The van der Waals surface area contributed by atoms with E-state index in [4.69, 9.17) is 9.47 Å². The molecule has 0 aliphatic rings. The Kier molecular flexibility index (Phi) is 7.96. The molecule has 0 saturated carbocycles. The van der Waals surface area contributed by atoms with Crippen LogP contribution in [0.3, 0.4) is 0 Å². The summed E-state index contributed by atoms with van der Waals surface area (Å²) in [6.07, 6.45) is -1.88. The smallest absolute Gasteiger partial charge is 0.420 e. The average molecular weight is 414 g/mol. The standard InChI is InChI=1S/C21H26F4N2O2/c1-5-7-15-17(10-13(3)6-2)26-19(12-28-4)27-20(15)29-18-9-8-14(22)11-16(18)21(23,24)25/h8-9,11,13H,5-7,10,12H2,1-4H3. The van der Waals surface area contributed by atoms with Crippen molar-refractivity contribution in [1.29, 1.82) is 0 Å². The van der Waals surface area contributed by atoms with Crippen LogP contribution in [0.25, 0.3) is 0 Å². The molecule has 8 heteroatoms. The van der Waals surface area contributed by atoms with Crippen LogP contribution in [-0.4, -0.2) is 17.1 Å². The van der Waals surface area contributed by atoms with E-state index in [1.54, 1.807) is 0 Å². The van der Waals surface area contributed by atoms with Gasteiger partial charge < -0.3 is 9.47 Å². The fraction of sp³-hybridized carbons (Fsp3) is 0.524. The molecule has 1 aromatic heterocycles. The van der Waals surface area contributed by atoms with Crippen LogP contribution in [0, 0.1) is 11.7 Å². The number of halogens is 4. The Morgan fingerprint density at radius 3 is 2.45 bits per heavy atom. The van der Waals surface area contributed by atoms with E-state index in [0.717, 1.165) is 30.7 Å². The summed E-state index contributed by atoms with van der Waals surface area (Å²) in [5.74, 6) is -0.757. The Balaban J connectivity index is 2.58. The first-order valence-electron chi connectivity index (χ1n) is 9.61. The molecule has 29 heavy (non-hydrogen) atoms. The molecule has 0 aliphatic carbocycles. The summed E-state index contributed by atoms with van der Waals surface area (Å²) in [7, 11) is 1.49. The Bertz CT molecular complexity index is 825. The van der Waals surface area contributed by atoms with Gasteiger partial charge in [-0.15, -0.1) is 0 Å². The number of benzene rings is 1. The summed E-state index contributed by atoms with van der Waals surface area (Å²) in [5.41, 5.74) is 0.231. The van der Waals surface area contributed by atoms with E-state index in [2.05, 4.69) is 23.8 Å². The van der Waals surface area contributed by atoms with Crippen LogP contribution in [0.4, 0.5) is 17.6 Å². The fourth-order valence-electron chi connectivity index (χ4n) is 2.90. The topological polar surface area (TPSA) is 44.2 Å². The SMILES string of the molecule is CCCc1c(CC(C)CC)nc(COC)nc1Oc1ccc(F)cc1C(F)(F)F. The third kappa shape index (κ3) is 6.13. The van der Waals surface area contributed by atoms with Gasteiger partial charge in [0.25, 0.3) is 0 Å². The quantitative estimate of drug-likeness (QED) is 0.464. The highest BCUT2D eigenvalue weighted by Crippen LogP contribution is 2.39. The second kappa shape index (κ2) is 10.0. The molecule has 160 valence electrons. The number of ether oxygens (including phenoxy) is 2. The molecule has 1 heterocycles. The number of aromatic nitrogens is 2. The zero-order valence-electron chi connectivity index (χ0n) is 17.1. The van der Waals surface area contributed by atoms with Crippen molar-refractivity contribution in [3.05, 3.63) is 46.7 Å². The molecule has 0 fully saturated rings. The molecule has 0 N–H and O–H groups in total. The maximum atomic E-state index is 13.4. The Morgan fingerprint density at radius 2 is 1.86 bits per heavy atom. The molecule has 0 bridgehead atoms. The summed E-state index contributed by atoms with van der Waals surface area (Å²) in [6.45, 7) is 6.20. The van der Waals surface area contributed by atoms with Crippen molar-refractivity contribution in [2.45, 2.75) is 59.2 Å². The molecular weight excluding hydrogens is 388 g/mol. The normalized spacial score (nSPS) is 12.8. The highest BCUT2D eigenvalue weighted by Gasteiger charge is 2.35. The van der Waals surface area contributed by atoms with Gasteiger partial charge in [0.2, 0.25) is 5.88 Å². The van der Waals surface area contributed by atoms with Crippen molar-refractivity contribution in [3.8, 4) is 11.6 Å². The van der Waals surface area contributed by atoms with Crippen molar-refractivity contribution < 1.29 is 27.0 Å². The Morgan fingerprint density at radius 1 is 1.14 bits per heavy atom. The molecule has 0 spiro atoms. The van der Waals surface area contributed by atoms with E-state index in [9.17, 15) is 17.6 Å². The lowest BCUT2D eigenvalue weighted by Crippen LogP contribution is -2.13. The lowest BCUT2D eigenvalue weighted by atomic mass is 9.98. The minimum atomic E-state index is -4.76. The van der Waals surface area contributed by atoms with Crippen molar-refractivity contribution in [1.82, 2.24) is 9.97 Å². The van der Waals surface area contributed by atoms with Gasteiger partial charge in [0.15, 0.2) is 5.82 Å². The van der Waals surface area contributed by atoms with Crippen LogP contribution in [0.5, 0.6) is 11.6 Å². The van der Waals surface area contributed by atoms with Gasteiger partial charge in [0.05, 0.1) is 5.69 Å². The van der Waals surface area contributed by atoms with Crippen LogP contribution >= 0.6 is 0 Å². The third-order valence-electron chi connectivity index (χ3n) is 4.57. The second-order valence-electron chi connectivity index (χ2n) is 7.01. The van der Waals surface area contributed by atoms with Gasteiger partial charge >= 0.3 is 6.18 Å². The zero-order chi connectivity index (χ0) is 21.6. The summed E-state index contributed by atoms with van der Waals surface area (Å²) < 4.78 is 64.3. The highest BCUT2D eigenvalue weighted by molar-refractivity contribution is 5.41. The van der Waals surface area contributed by atoms with Crippen LogP contribution in [-0.2, 0) is 30.4 Å². The van der Waals surface area contributed by atoms with E-state index in [-0.39, 0.29) is 12.5 Å². The minimum absolute atomic E-state index is 0.0595. The first-order valence-corrected chi connectivity index (χ1v) is 9.61. The molecule has 0 radical (unpaired) electrons. The average Bonchev–Trinajstić information content (AvgIpc) is 2.65. The number of nitrogens with zero attached hydrogens (tertiary/aromatic N) is 2. The number of hydrogen-bond acceptors (Lipinski definition) is 4. The molecule has 2 rings (SSSR count). The largest absolute Gasteiger partial charge is 0.438 e. The van der Waals surface area contributed by atoms with Crippen LogP contribution < -0.4 is 4.74 Å². The van der Waals surface area contributed by atoms with Crippen LogP contribution in [0.1, 0.15) is 56.3 Å². The van der Waals surface area contributed by atoms with Crippen molar-refractivity contribution in [2.75, 3.05) is 7.11 Å². The number of hydrogen-bond donors (Lipinski definition) is 0. The van der Waals surface area contributed by atoms with Crippen LogP contribution in [0.15, 0.2) is 18.2 Å². The van der Waals surface area contributed by atoms with Crippen molar-refractivity contribution >= 4 is 0 Å². The van der Waals surface area contributed by atoms with E-state index >= 15 is 0 Å². The molecule has 2 aromatic rings. The molecule has 1 atom stereocenters. The molecule has 0 saturated heterocycles. The minimum Gasteiger partial charge on any atom is -0.438 e. The lowest BCUT2D eigenvalue weighted by molar-refractivity contribution is -0.138. The Hall–Kier alpha value is -2.22. The van der Waals surface area contributed by atoms with Crippen molar-refractivity contribution in [2.24, 2.45) is 5.92 Å². The van der Waals surface area contributed by atoms with E-state index < -0.39 is 23.3 Å². The first kappa shape index (κ1) is 23.1. The lowest BCUT2D eigenvalue weighted by Gasteiger charge is -2.19. The maximum Gasteiger partial charge on any atom is 0.420 e. The van der Waals surface area contributed by atoms with Gasteiger partial charge in [0, 0.05) is 12.7 Å². The van der Waals surface area contributed by atoms with Gasteiger partial charge in [-0.25, -0.2) is 9.37 Å². The van der Waals surface area contributed by atoms with Crippen LogP contribution in [0.2, 0.25) is 0 Å². The third-order valence-corrected chi connectivity index (χ3v) is 4.57. The molecule has 4 nitrogen and oxygen atoms in total. The molecule has 1 unspecified atom stereocenters. The van der Waals surface area contributed by atoms with E-state index in [1.807, 2.05) is 6.92 Å². The second-order valence-corrected chi connectivity index (χ2v) is 7.01. The number of rotatable bonds is 9. The highest BCUT2D eigenvalue weighted by atomic mass is 19.4. The van der Waals surface area contributed by atoms with Gasteiger partial charge in [-0.1, -0.05) is 33.6 Å². The predicted octanol–water partition coefficient (Wildman–Crippen LogP) is 6.11.